The molecule has 1 N–H and O–H groups in total. The number of aryl methyl sites for hydroxylation is 1. The lowest BCUT2D eigenvalue weighted by Crippen LogP contribution is -2.53. The van der Waals surface area contributed by atoms with Crippen molar-refractivity contribution in [3.8, 4) is 5.75 Å². The minimum absolute atomic E-state index is 0.0750. The van der Waals surface area contributed by atoms with Crippen molar-refractivity contribution < 1.29 is 24.2 Å². The van der Waals surface area contributed by atoms with E-state index in [9.17, 15) is 14.4 Å². The number of aromatic carboxylic acids is 1. The summed E-state index contributed by atoms with van der Waals surface area (Å²) >= 11 is 0. The van der Waals surface area contributed by atoms with Crippen LogP contribution in [0.15, 0.2) is 36.7 Å². The van der Waals surface area contributed by atoms with Gasteiger partial charge in [-0.15, -0.1) is 0 Å². The predicted molar refractivity (Wildman–Crippen MR) is 103 cm³/mol. The summed E-state index contributed by atoms with van der Waals surface area (Å²) in [5.41, 5.74) is 0.809. The number of nitrogens with zero attached hydrogens (tertiary/aromatic N) is 4. The molecule has 152 valence electrons. The zero-order valence-electron chi connectivity index (χ0n) is 16.2. The van der Waals surface area contributed by atoms with E-state index in [0.29, 0.717) is 31.9 Å². The van der Waals surface area contributed by atoms with Crippen molar-refractivity contribution in [2.75, 3.05) is 26.2 Å². The minimum Gasteiger partial charge on any atom is -0.481 e. The van der Waals surface area contributed by atoms with Gasteiger partial charge in [-0.1, -0.05) is 18.2 Å². The molecule has 1 aromatic heterocycles. The van der Waals surface area contributed by atoms with Crippen LogP contribution in [0.5, 0.6) is 5.75 Å². The van der Waals surface area contributed by atoms with E-state index >= 15 is 0 Å². The van der Waals surface area contributed by atoms with Gasteiger partial charge in [-0.3, -0.25) is 9.59 Å². The molecule has 2 heterocycles. The van der Waals surface area contributed by atoms with Gasteiger partial charge in [0.05, 0.1) is 12.4 Å². The highest BCUT2D eigenvalue weighted by atomic mass is 16.5. The van der Waals surface area contributed by atoms with Crippen LogP contribution >= 0.6 is 0 Å². The zero-order chi connectivity index (χ0) is 21.0. The van der Waals surface area contributed by atoms with Crippen molar-refractivity contribution in [2.45, 2.75) is 20.0 Å². The molecule has 3 rings (SSSR count). The second-order valence-electron chi connectivity index (χ2n) is 6.74. The number of aromatic nitrogens is 2. The summed E-state index contributed by atoms with van der Waals surface area (Å²) in [6.07, 6.45) is 1.58. The van der Waals surface area contributed by atoms with E-state index in [1.165, 1.54) is 0 Å². The number of carboxylic acids is 1. The van der Waals surface area contributed by atoms with Gasteiger partial charge in [0, 0.05) is 26.2 Å². The molecule has 0 saturated carbocycles. The van der Waals surface area contributed by atoms with Crippen LogP contribution in [0, 0.1) is 6.92 Å². The molecule has 1 fully saturated rings. The number of hydrogen-bond acceptors (Lipinski definition) is 6. The van der Waals surface area contributed by atoms with Gasteiger partial charge in [0.2, 0.25) is 0 Å². The van der Waals surface area contributed by atoms with Crippen LogP contribution in [0.1, 0.15) is 33.5 Å². The summed E-state index contributed by atoms with van der Waals surface area (Å²) in [6, 6.07) is 7.51. The van der Waals surface area contributed by atoms with E-state index in [-0.39, 0.29) is 23.2 Å². The first-order valence-corrected chi connectivity index (χ1v) is 9.22. The lowest BCUT2D eigenvalue weighted by atomic mass is 10.2. The van der Waals surface area contributed by atoms with Gasteiger partial charge in [0.1, 0.15) is 11.4 Å². The summed E-state index contributed by atoms with van der Waals surface area (Å²) in [5, 5.41) is 8.85. The number of amides is 2. The molecule has 29 heavy (non-hydrogen) atoms. The Morgan fingerprint density at radius 2 is 1.59 bits per heavy atom. The topological polar surface area (TPSA) is 113 Å². The number of carboxylic acid groups (broad SMARTS) is 1. The third-order valence-electron chi connectivity index (χ3n) is 4.71. The molecule has 9 heteroatoms. The highest BCUT2D eigenvalue weighted by molar-refractivity contribution is 5.93. The SMILES string of the molecule is Cc1ccccc1OC(C)C(=O)N1CCN(C(=O)c2cnc(C(=O)O)cn2)CC1. The minimum atomic E-state index is -1.20. The first-order chi connectivity index (χ1) is 13.9. The first-order valence-electron chi connectivity index (χ1n) is 9.22. The largest absolute Gasteiger partial charge is 0.481 e. The second-order valence-corrected chi connectivity index (χ2v) is 6.74. The molecular formula is C20H22N4O5. The highest BCUT2D eigenvalue weighted by Crippen LogP contribution is 2.19. The Balaban J connectivity index is 1.55. The molecule has 2 amide bonds. The molecule has 1 aromatic carbocycles. The maximum Gasteiger partial charge on any atom is 0.356 e. The van der Waals surface area contributed by atoms with Crippen molar-refractivity contribution in [1.82, 2.24) is 19.8 Å². The van der Waals surface area contributed by atoms with Gasteiger partial charge >= 0.3 is 5.97 Å². The number of piperazine rings is 1. The summed E-state index contributed by atoms with van der Waals surface area (Å²) in [7, 11) is 0. The lowest BCUT2D eigenvalue weighted by molar-refractivity contribution is -0.139. The van der Waals surface area contributed by atoms with Crippen LogP contribution in [0.2, 0.25) is 0 Å². The third kappa shape index (κ3) is 4.68. The van der Waals surface area contributed by atoms with Crippen molar-refractivity contribution in [3.63, 3.8) is 0 Å². The summed E-state index contributed by atoms with van der Waals surface area (Å²) in [6.45, 7) is 5.10. The van der Waals surface area contributed by atoms with E-state index in [1.54, 1.807) is 16.7 Å². The number of hydrogen-bond donors (Lipinski definition) is 1. The van der Waals surface area contributed by atoms with E-state index in [1.807, 2.05) is 31.2 Å². The molecule has 0 spiro atoms. The molecule has 9 nitrogen and oxygen atoms in total. The fraction of sp³-hybridized carbons (Fsp3) is 0.350. The van der Waals surface area contributed by atoms with Gasteiger partial charge in [0.25, 0.3) is 11.8 Å². The van der Waals surface area contributed by atoms with E-state index in [0.717, 1.165) is 18.0 Å². The number of carbonyl (C=O) groups is 3. The zero-order valence-corrected chi connectivity index (χ0v) is 16.2. The molecule has 2 aromatic rings. The normalized spacial score (nSPS) is 15.0. The smallest absolute Gasteiger partial charge is 0.356 e. The van der Waals surface area contributed by atoms with Crippen LogP contribution in [0.25, 0.3) is 0 Å². The summed E-state index contributed by atoms with van der Waals surface area (Å²) in [5.74, 6) is -1.01. The Bertz CT molecular complexity index is 907. The van der Waals surface area contributed by atoms with E-state index < -0.39 is 12.1 Å². The number of ether oxygens (including phenoxy) is 1. The average molecular weight is 398 g/mol. The Morgan fingerprint density at radius 1 is 1.00 bits per heavy atom. The predicted octanol–water partition coefficient (Wildman–Crippen LogP) is 1.24. The van der Waals surface area contributed by atoms with Gasteiger partial charge in [0.15, 0.2) is 11.8 Å². The van der Waals surface area contributed by atoms with Crippen molar-refractivity contribution >= 4 is 17.8 Å². The molecule has 1 aliphatic rings. The van der Waals surface area contributed by atoms with E-state index in [4.69, 9.17) is 9.84 Å². The molecule has 1 unspecified atom stereocenters. The standard InChI is InChI=1S/C20H22N4O5/c1-13-5-3-4-6-17(13)29-14(2)18(25)23-7-9-24(10-8-23)19(26)15-11-22-16(12-21-15)20(27)28/h3-6,11-12,14H,7-10H2,1-2H3,(H,27,28). The van der Waals surface area contributed by atoms with Gasteiger partial charge < -0.3 is 19.6 Å². The summed E-state index contributed by atoms with van der Waals surface area (Å²) < 4.78 is 5.80. The van der Waals surface area contributed by atoms with Crippen LogP contribution in [-0.2, 0) is 4.79 Å². The molecule has 1 saturated heterocycles. The summed E-state index contributed by atoms with van der Waals surface area (Å²) in [4.78, 5) is 46.9. The first kappa shape index (κ1) is 20.2. The molecule has 0 aliphatic carbocycles. The van der Waals surface area contributed by atoms with Gasteiger partial charge in [-0.25, -0.2) is 14.8 Å². The Kier molecular flexibility index (Phi) is 6.06. The number of carbonyl (C=O) groups excluding carboxylic acids is 2. The molecule has 1 aliphatic heterocycles. The van der Waals surface area contributed by atoms with Crippen molar-refractivity contribution in [2.24, 2.45) is 0 Å². The Labute approximate surface area is 167 Å². The van der Waals surface area contributed by atoms with E-state index in [2.05, 4.69) is 9.97 Å². The molecule has 1 atom stereocenters. The molecule has 0 bridgehead atoms. The van der Waals surface area contributed by atoms with Crippen molar-refractivity contribution in [3.05, 3.63) is 53.6 Å². The number of rotatable bonds is 5. The van der Waals surface area contributed by atoms with Gasteiger partial charge in [-0.2, -0.15) is 0 Å². The second kappa shape index (κ2) is 8.68. The Hall–Kier alpha value is -3.49. The fourth-order valence-corrected chi connectivity index (χ4v) is 3.03. The maximum absolute atomic E-state index is 12.7. The van der Waals surface area contributed by atoms with Crippen LogP contribution < -0.4 is 4.74 Å². The third-order valence-corrected chi connectivity index (χ3v) is 4.71. The quantitative estimate of drug-likeness (QED) is 0.806. The average Bonchev–Trinajstić information content (AvgIpc) is 2.74. The van der Waals surface area contributed by atoms with Crippen LogP contribution in [0.3, 0.4) is 0 Å². The molecule has 0 radical (unpaired) electrons. The number of benzene rings is 1. The molecular weight excluding hydrogens is 376 g/mol. The monoisotopic (exact) mass is 398 g/mol. The maximum atomic E-state index is 12.7. The van der Waals surface area contributed by atoms with Crippen LogP contribution in [0.4, 0.5) is 0 Å². The Morgan fingerprint density at radius 3 is 2.17 bits per heavy atom. The number of para-hydroxylation sites is 1. The lowest BCUT2D eigenvalue weighted by Gasteiger charge is -2.35. The highest BCUT2D eigenvalue weighted by Gasteiger charge is 2.29. The van der Waals surface area contributed by atoms with Crippen molar-refractivity contribution in [1.29, 1.82) is 0 Å². The van der Waals surface area contributed by atoms with Crippen LogP contribution in [-0.4, -0.2) is 74.9 Å². The van der Waals surface area contributed by atoms with Gasteiger partial charge in [-0.05, 0) is 25.5 Å². The fourth-order valence-electron chi connectivity index (χ4n) is 3.03.